The molecule has 0 aliphatic heterocycles. The molecule has 3 aromatic rings. The number of nitrogens with two attached hydrogens (primary N) is 2. The van der Waals surface area contributed by atoms with Gasteiger partial charge in [-0.05, 0) is 80.7 Å². The van der Waals surface area contributed by atoms with E-state index in [0.29, 0.717) is 23.1 Å². The van der Waals surface area contributed by atoms with Crippen LogP contribution in [0.15, 0.2) is 72.6 Å². The molecular formula is C28H26ClF3N6O. The van der Waals surface area contributed by atoms with Gasteiger partial charge in [0.1, 0.15) is 0 Å². The number of carbonyl (C=O) groups excluding carboxylic acids is 1. The second kappa shape index (κ2) is 11.6. The Labute approximate surface area is 228 Å². The zero-order chi connectivity index (χ0) is 28.2. The summed E-state index contributed by atoms with van der Waals surface area (Å²) in [6.45, 7) is 1.68. The molecule has 0 radical (unpaired) electrons. The van der Waals surface area contributed by atoms with E-state index >= 15 is 0 Å². The molecule has 4 rings (SSSR count). The summed E-state index contributed by atoms with van der Waals surface area (Å²) in [5.41, 5.74) is 12.1. The number of nitrogens with one attached hydrogen (secondary N) is 2. The summed E-state index contributed by atoms with van der Waals surface area (Å²) in [6.07, 6.45) is 4.66. The Kier molecular flexibility index (Phi) is 8.21. The zero-order valence-corrected chi connectivity index (χ0v) is 21.7. The minimum Gasteiger partial charge on any atom is -0.392 e. The van der Waals surface area contributed by atoms with E-state index in [1.807, 2.05) is 0 Å². The maximum absolute atomic E-state index is 13.8. The molecule has 1 amide bonds. The van der Waals surface area contributed by atoms with Crippen molar-refractivity contribution in [2.24, 2.45) is 11.5 Å². The van der Waals surface area contributed by atoms with Crippen LogP contribution in [0.25, 0.3) is 5.69 Å². The number of benzene rings is 2. The van der Waals surface area contributed by atoms with Crippen molar-refractivity contribution < 1.29 is 18.0 Å². The second-order valence-electron chi connectivity index (χ2n) is 9.07. The van der Waals surface area contributed by atoms with E-state index in [4.69, 9.17) is 23.1 Å². The number of allylic oxidation sites excluding steroid dienone is 3. The number of aryl methyl sites for hydroxylation is 1. The summed E-state index contributed by atoms with van der Waals surface area (Å²) in [7, 11) is 0. The number of halogens is 4. The van der Waals surface area contributed by atoms with Crippen molar-refractivity contribution in [3.8, 4) is 17.5 Å². The molecule has 0 spiro atoms. The molecule has 1 aromatic heterocycles. The van der Waals surface area contributed by atoms with Crippen LogP contribution in [0.5, 0.6) is 0 Å². The lowest BCUT2D eigenvalue weighted by molar-refractivity contribution is -0.137. The van der Waals surface area contributed by atoms with Gasteiger partial charge in [-0.15, -0.1) is 0 Å². The number of hydrogen-bond acceptors (Lipinski definition) is 5. The highest BCUT2D eigenvalue weighted by Gasteiger charge is 2.34. The third-order valence-corrected chi connectivity index (χ3v) is 6.37. The van der Waals surface area contributed by atoms with Crippen LogP contribution in [-0.4, -0.2) is 21.5 Å². The molecular weight excluding hydrogens is 529 g/mol. The summed E-state index contributed by atoms with van der Waals surface area (Å²) in [4.78, 5) is 16.8. The highest BCUT2D eigenvalue weighted by molar-refractivity contribution is 6.32. The molecule has 1 fully saturated rings. The number of carbonyl (C=O) groups is 1. The van der Waals surface area contributed by atoms with Gasteiger partial charge >= 0.3 is 6.18 Å². The third kappa shape index (κ3) is 7.15. The van der Waals surface area contributed by atoms with E-state index < -0.39 is 17.6 Å². The summed E-state index contributed by atoms with van der Waals surface area (Å²) in [6, 6.07) is 8.29. The molecule has 202 valence electrons. The number of anilines is 1. The molecule has 6 N–H and O–H groups in total. The first-order valence-electron chi connectivity index (χ1n) is 12.0. The largest absolute Gasteiger partial charge is 0.418 e. The van der Waals surface area contributed by atoms with E-state index in [9.17, 15) is 18.0 Å². The van der Waals surface area contributed by atoms with Crippen LogP contribution < -0.4 is 22.1 Å². The molecule has 1 aliphatic rings. The third-order valence-electron chi connectivity index (χ3n) is 6.04. The lowest BCUT2D eigenvalue weighted by Crippen LogP contribution is -2.37. The SMILES string of the molecule is Cc1cn(-c2ccc(NC(=O)c3ccc(Cl)c(C#C/C(N)=C/C=C(\N)NC4CCC4)c3)cc2C(F)(F)F)cn1. The highest BCUT2D eigenvalue weighted by atomic mass is 35.5. The van der Waals surface area contributed by atoms with Gasteiger partial charge in [0.2, 0.25) is 0 Å². The smallest absolute Gasteiger partial charge is 0.392 e. The number of aromatic nitrogens is 2. The summed E-state index contributed by atoms with van der Waals surface area (Å²) >= 11 is 6.23. The topological polar surface area (TPSA) is 111 Å². The normalized spacial score (nSPS) is 14.3. The van der Waals surface area contributed by atoms with Crippen LogP contribution in [0.1, 0.15) is 46.4 Å². The van der Waals surface area contributed by atoms with E-state index in [1.165, 1.54) is 53.8 Å². The van der Waals surface area contributed by atoms with Gasteiger partial charge in [-0.1, -0.05) is 17.5 Å². The van der Waals surface area contributed by atoms with Crippen molar-refractivity contribution in [1.82, 2.24) is 14.9 Å². The Morgan fingerprint density at radius 3 is 2.59 bits per heavy atom. The predicted molar refractivity (Wildman–Crippen MR) is 145 cm³/mol. The van der Waals surface area contributed by atoms with Crippen molar-refractivity contribution in [3.63, 3.8) is 0 Å². The van der Waals surface area contributed by atoms with E-state index in [0.717, 1.165) is 18.9 Å². The van der Waals surface area contributed by atoms with Crippen molar-refractivity contribution in [2.75, 3.05) is 5.32 Å². The zero-order valence-electron chi connectivity index (χ0n) is 20.9. The summed E-state index contributed by atoms with van der Waals surface area (Å²) in [5, 5.41) is 5.97. The fourth-order valence-corrected chi connectivity index (χ4v) is 3.95. The van der Waals surface area contributed by atoms with Crippen LogP contribution in [0.4, 0.5) is 18.9 Å². The number of imidazole rings is 1. The van der Waals surface area contributed by atoms with E-state index in [1.54, 1.807) is 19.1 Å². The summed E-state index contributed by atoms with van der Waals surface area (Å²) in [5.74, 6) is 5.42. The molecule has 39 heavy (non-hydrogen) atoms. The second-order valence-corrected chi connectivity index (χ2v) is 9.47. The van der Waals surface area contributed by atoms with Gasteiger partial charge in [0, 0.05) is 29.1 Å². The Bertz CT molecular complexity index is 1510. The lowest BCUT2D eigenvalue weighted by Gasteiger charge is -2.27. The Morgan fingerprint density at radius 2 is 1.95 bits per heavy atom. The average Bonchev–Trinajstić information content (AvgIpc) is 3.29. The van der Waals surface area contributed by atoms with Crippen molar-refractivity contribution >= 4 is 23.2 Å². The van der Waals surface area contributed by atoms with Crippen molar-refractivity contribution in [3.05, 3.63) is 100.0 Å². The maximum atomic E-state index is 13.8. The van der Waals surface area contributed by atoms with Crippen LogP contribution in [-0.2, 0) is 6.18 Å². The van der Waals surface area contributed by atoms with Gasteiger partial charge in [0.15, 0.2) is 0 Å². The molecule has 1 saturated carbocycles. The maximum Gasteiger partial charge on any atom is 0.418 e. The van der Waals surface area contributed by atoms with Crippen molar-refractivity contribution in [2.45, 2.75) is 38.4 Å². The fraction of sp³-hybridized carbons (Fsp3) is 0.214. The first-order valence-corrected chi connectivity index (χ1v) is 12.4. The molecule has 0 bridgehead atoms. The van der Waals surface area contributed by atoms with Gasteiger partial charge in [-0.3, -0.25) is 4.79 Å². The average molecular weight is 555 g/mol. The number of nitrogens with zero attached hydrogens (tertiary/aromatic N) is 2. The van der Waals surface area contributed by atoms with E-state index in [2.05, 4.69) is 27.5 Å². The standard InChI is InChI=1S/C28H26ClF3N6O/c1-17-15-38(16-35-17)25-11-9-22(14-23(25)28(30,31)32)37-27(39)19-6-10-24(29)18(13-19)5-7-20(33)8-12-26(34)36-21-3-2-4-21/h6,8-16,21,36H,2-4,33-34H2,1H3,(H,37,39)/b20-8-,26-12+. The number of rotatable bonds is 6. The van der Waals surface area contributed by atoms with Gasteiger partial charge in [-0.2, -0.15) is 13.2 Å². The number of hydrogen-bond donors (Lipinski definition) is 4. The molecule has 0 unspecified atom stereocenters. The van der Waals surface area contributed by atoms with Crippen LogP contribution in [0.3, 0.4) is 0 Å². The molecule has 1 aliphatic carbocycles. The first kappa shape index (κ1) is 27.7. The number of alkyl halides is 3. The van der Waals surface area contributed by atoms with Gasteiger partial charge in [-0.25, -0.2) is 4.98 Å². The molecule has 0 saturated heterocycles. The monoisotopic (exact) mass is 554 g/mol. The minimum atomic E-state index is -4.65. The predicted octanol–water partition coefficient (Wildman–Crippen LogP) is 5.24. The van der Waals surface area contributed by atoms with Crippen LogP contribution >= 0.6 is 11.6 Å². The number of amides is 1. The molecule has 2 aromatic carbocycles. The quantitative estimate of drug-likeness (QED) is 0.246. The lowest BCUT2D eigenvalue weighted by atomic mass is 9.93. The van der Waals surface area contributed by atoms with Crippen molar-refractivity contribution in [1.29, 1.82) is 0 Å². The Hall–Kier alpha value is -4.36. The van der Waals surface area contributed by atoms with Gasteiger partial charge in [0.05, 0.1) is 39.8 Å². The van der Waals surface area contributed by atoms with Crippen LogP contribution in [0.2, 0.25) is 5.02 Å². The minimum absolute atomic E-state index is 0.0254. The fourth-order valence-electron chi connectivity index (χ4n) is 3.78. The summed E-state index contributed by atoms with van der Waals surface area (Å²) < 4.78 is 42.7. The Balaban J connectivity index is 1.51. The molecule has 7 nitrogen and oxygen atoms in total. The van der Waals surface area contributed by atoms with E-state index in [-0.39, 0.29) is 27.7 Å². The molecule has 1 heterocycles. The van der Waals surface area contributed by atoms with Crippen LogP contribution in [0, 0.1) is 18.8 Å². The molecule has 0 atom stereocenters. The molecule has 11 heteroatoms. The Morgan fingerprint density at radius 1 is 1.18 bits per heavy atom. The first-order chi connectivity index (χ1) is 18.5. The van der Waals surface area contributed by atoms with Gasteiger partial charge < -0.3 is 26.7 Å². The highest BCUT2D eigenvalue weighted by Crippen LogP contribution is 2.36. The van der Waals surface area contributed by atoms with Gasteiger partial charge in [0.25, 0.3) is 5.91 Å².